The lowest BCUT2D eigenvalue weighted by Crippen LogP contribution is -2.28. The third-order valence-electron chi connectivity index (χ3n) is 5.42. The van der Waals surface area contributed by atoms with E-state index in [1.54, 1.807) is 19.2 Å². The first-order chi connectivity index (χ1) is 16.0. The van der Waals surface area contributed by atoms with Crippen LogP contribution in [0.2, 0.25) is 0 Å². The molecule has 1 aliphatic heterocycles. The Labute approximate surface area is 192 Å². The monoisotopic (exact) mass is 467 g/mol. The molecule has 3 aromatic rings. The number of methoxy groups -OCH3 is 1. The van der Waals surface area contributed by atoms with E-state index in [-0.39, 0.29) is 11.5 Å². The second kappa shape index (κ2) is 10.0. The normalized spacial score (nSPS) is 14.6. The number of carbonyl (C=O) groups is 1. The molecule has 1 N–H and O–H groups in total. The number of nitrogens with zero attached hydrogens (tertiary/aromatic N) is 2. The van der Waals surface area contributed by atoms with Crippen molar-refractivity contribution in [3.05, 3.63) is 66.2 Å². The molecule has 172 valence electrons. The van der Waals surface area contributed by atoms with Crippen molar-refractivity contribution in [1.29, 1.82) is 0 Å². The van der Waals surface area contributed by atoms with E-state index in [0.29, 0.717) is 24.5 Å². The van der Waals surface area contributed by atoms with Crippen LogP contribution in [-0.2, 0) is 19.7 Å². The van der Waals surface area contributed by atoms with Crippen LogP contribution in [0.1, 0.15) is 18.4 Å². The fourth-order valence-electron chi connectivity index (χ4n) is 3.78. The highest BCUT2D eigenvalue weighted by molar-refractivity contribution is 7.89. The van der Waals surface area contributed by atoms with E-state index < -0.39 is 15.9 Å². The summed E-state index contributed by atoms with van der Waals surface area (Å²) in [5, 5.41) is 8.55. The summed E-state index contributed by atoms with van der Waals surface area (Å²) in [6.07, 6.45) is 3.23. The summed E-state index contributed by atoms with van der Waals surface area (Å²) in [4.78, 5) is 17.6. The Kier molecular flexibility index (Phi) is 6.90. The average Bonchev–Trinajstić information content (AvgIpc) is 3.38. The van der Waals surface area contributed by atoms with Crippen LogP contribution in [0.15, 0.2) is 70.7 Å². The minimum atomic E-state index is -3.56. The molecule has 0 saturated carbocycles. The van der Waals surface area contributed by atoms with Gasteiger partial charge in [-0.15, -0.1) is 0 Å². The van der Waals surface area contributed by atoms with E-state index >= 15 is 0 Å². The van der Waals surface area contributed by atoms with E-state index in [2.05, 4.69) is 10.5 Å². The molecule has 1 amide bonds. The Bertz CT molecular complexity index is 1280. The first kappa shape index (κ1) is 22.8. The highest BCUT2D eigenvalue weighted by Crippen LogP contribution is 2.26. The van der Waals surface area contributed by atoms with Crippen LogP contribution >= 0.6 is 0 Å². The minimum absolute atomic E-state index is 0.157. The number of fused-ring (bicyclic) bond motifs is 1. The maximum absolute atomic E-state index is 12.7. The summed E-state index contributed by atoms with van der Waals surface area (Å²) in [7, 11) is -1.98. The molecule has 3 aromatic carbocycles. The number of benzene rings is 3. The van der Waals surface area contributed by atoms with Gasteiger partial charge in [0.1, 0.15) is 5.75 Å². The Morgan fingerprint density at radius 1 is 1.09 bits per heavy atom. The van der Waals surface area contributed by atoms with E-state index in [1.165, 1.54) is 22.7 Å². The van der Waals surface area contributed by atoms with Crippen molar-refractivity contribution in [2.75, 3.05) is 32.1 Å². The van der Waals surface area contributed by atoms with Crippen LogP contribution in [0.25, 0.3) is 10.8 Å². The summed E-state index contributed by atoms with van der Waals surface area (Å²) in [6, 6.07) is 17.8. The third-order valence-corrected chi connectivity index (χ3v) is 7.32. The van der Waals surface area contributed by atoms with Crippen molar-refractivity contribution < 1.29 is 22.8 Å². The lowest BCUT2D eigenvalue weighted by atomic mass is 10.0. The van der Waals surface area contributed by atoms with Gasteiger partial charge >= 0.3 is 0 Å². The highest BCUT2D eigenvalue weighted by atomic mass is 32.2. The van der Waals surface area contributed by atoms with Crippen LogP contribution in [0.4, 0.5) is 5.69 Å². The van der Waals surface area contributed by atoms with Gasteiger partial charge in [-0.3, -0.25) is 4.79 Å². The molecule has 33 heavy (non-hydrogen) atoms. The Balaban J connectivity index is 1.39. The first-order valence-electron chi connectivity index (χ1n) is 10.6. The lowest BCUT2D eigenvalue weighted by Gasteiger charge is -2.16. The smallest absolute Gasteiger partial charge is 0.265 e. The molecule has 9 heteroatoms. The van der Waals surface area contributed by atoms with Crippen molar-refractivity contribution >= 4 is 38.6 Å². The quantitative estimate of drug-likeness (QED) is 0.403. The maximum Gasteiger partial charge on any atom is 0.265 e. The molecule has 0 unspecified atom stereocenters. The molecule has 0 radical (unpaired) electrons. The van der Waals surface area contributed by atoms with Gasteiger partial charge in [-0.1, -0.05) is 41.6 Å². The van der Waals surface area contributed by atoms with Gasteiger partial charge in [0.15, 0.2) is 6.61 Å². The molecule has 0 aliphatic carbocycles. The summed E-state index contributed by atoms with van der Waals surface area (Å²) >= 11 is 0. The molecule has 1 saturated heterocycles. The van der Waals surface area contributed by atoms with Crippen molar-refractivity contribution in [3.8, 4) is 5.75 Å². The van der Waals surface area contributed by atoms with E-state index in [9.17, 15) is 13.2 Å². The van der Waals surface area contributed by atoms with Crippen molar-refractivity contribution in [2.24, 2.45) is 5.16 Å². The summed E-state index contributed by atoms with van der Waals surface area (Å²) in [5.41, 5.74) is 1.12. The number of carbonyl (C=O) groups excluding carboxylic acids is 1. The molecule has 0 bridgehead atoms. The number of hydrogen-bond acceptors (Lipinski definition) is 6. The van der Waals surface area contributed by atoms with Gasteiger partial charge in [0.05, 0.1) is 18.2 Å². The molecule has 1 aliphatic rings. The van der Waals surface area contributed by atoms with Crippen LogP contribution in [0.5, 0.6) is 5.75 Å². The van der Waals surface area contributed by atoms with Crippen molar-refractivity contribution in [2.45, 2.75) is 17.7 Å². The van der Waals surface area contributed by atoms with Gasteiger partial charge < -0.3 is 14.9 Å². The van der Waals surface area contributed by atoms with E-state index in [4.69, 9.17) is 9.57 Å². The Hall–Kier alpha value is -3.43. The highest BCUT2D eigenvalue weighted by Gasteiger charge is 2.27. The third kappa shape index (κ3) is 5.15. The average molecular weight is 468 g/mol. The standard InChI is InChI=1S/C24H25N3O5S/c1-31-23-12-11-18-7-2-3-10-21(18)22(23)16-25-32-17-24(28)26-19-8-6-9-20(15-19)33(29,30)27-13-4-5-14-27/h2-3,6-12,15-16H,4-5,13-14,17H2,1H3,(H,26,28)/b25-16+. The molecule has 0 aromatic heterocycles. The van der Waals surface area contributed by atoms with E-state index in [1.807, 2.05) is 36.4 Å². The molecule has 1 fully saturated rings. The molecule has 0 spiro atoms. The molecule has 1 heterocycles. The number of rotatable bonds is 8. The summed E-state index contributed by atoms with van der Waals surface area (Å²) in [5.74, 6) is 0.189. The number of nitrogens with one attached hydrogen (secondary N) is 1. The van der Waals surface area contributed by atoms with Crippen molar-refractivity contribution in [3.63, 3.8) is 0 Å². The van der Waals surface area contributed by atoms with Gasteiger partial charge in [0, 0.05) is 24.3 Å². The second-order valence-electron chi connectivity index (χ2n) is 7.60. The zero-order valence-corrected chi connectivity index (χ0v) is 19.0. The zero-order valence-electron chi connectivity index (χ0n) is 18.2. The van der Waals surface area contributed by atoms with Gasteiger partial charge in [0.2, 0.25) is 10.0 Å². The number of anilines is 1. The maximum atomic E-state index is 12.7. The lowest BCUT2D eigenvalue weighted by molar-refractivity contribution is -0.120. The van der Waals surface area contributed by atoms with Crippen LogP contribution in [0, 0.1) is 0 Å². The number of hydrogen-bond donors (Lipinski definition) is 1. The molecule has 0 atom stereocenters. The second-order valence-corrected chi connectivity index (χ2v) is 9.54. The predicted octanol–water partition coefficient (Wildman–Crippen LogP) is 3.62. The summed E-state index contributed by atoms with van der Waals surface area (Å²) < 4.78 is 32.3. The van der Waals surface area contributed by atoms with Crippen LogP contribution in [0.3, 0.4) is 0 Å². The van der Waals surface area contributed by atoms with Gasteiger partial charge in [-0.25, -0.2) is 8.42 Å². The molecule has 8 nitrogen and oxygen atoms in total. The first-order valence-corrected chi connectivity index (χ1v) is 12.0. The van der Waals surface area contributed by atoms with Gasteiger partial charge in [-0.2, -0.15) is 4.31 Å². The molecular formula is C24H25N3O5S. The Morgan fingerprint density at radius 3 is 2.67 bits per heavy atom. The van der Waals surface area contributed by atoms with Crippen LogP contribution in [-0.4, -0.2) is 51.7 Å². The predicted molar refractivity (Wildman–Crippen MR) is 127 cm³/mol. The fourth-order valence-corrected chi connectivity index (χ4v) is 5.35. The number of amides is 1. The summed E-state index contributed by atoms with van der Waals surface area (Å²) in [6.45, 7) is 0.713. The van der Waals surface area contributed by atoms with Crippen LogP contribution < -0.4 is 10.1 Å². The molecular weight excluding hydrogens is 442 g/mol. The van der Waals surface area contributed by atoms with Gasteiger partial charge in [-0.05, 0) is 47.9 Å². The number of sulfonamides is 1. The number of ether oxygens (including phenoxy) is 1. The zero-order chi connectivity index (χ0) is 23.3. The van der Waals surface area contributed by atoms with Gasteiger partial charge in [0.25, 0.3) is 5.91 Å². The molecule has 4 rings (SSSR count). The van der Waals surface area contributed by atoms with Crippen molar-refractivity contribution in [1.82, 2.24) is 4.31 Å². The largest absolute Gasteiger partial charge is 0.496 e. The topological polar surface area (TPSA) is 97.3 Å². The SMILES string of the molecule is COc1ccc2ccccc2c1/C=N/OCC(=O)Nc1cccc(S(=O)(=O)N2CCCC2)c1. The Morgan fingerprint density at radius 2 is 1.88 bits per heavy atom. The number of oxime groups is 1. The minimum Gasteiger partial charge on any atom is -0.496 e. The fraction of sp³-hybridized carbons (Fsp3) is 0.250. The van der Waals surface area contributed by atoms with E-state index in [0.717, 1.165) is 29.2 Å².